The second-order valence-corrected chi connectivity index (χ2v) is 6.92. The first-order valence-corrected chi connectivity index (χ1v) is 8.77. The first-order chi connectivity index (χ1) is 10.7. The fraction of sp³-hybridized carbons (Fsp3) is 0.316. The van der Waals surface area contributed by atoms with E-state index in [1.807, 2.05) is 11.8 Å². The second kappa shape index (κ2) is 7.01. The third-order valence-electron chi connectivity index (χ3n) is 4.06. The van der Waals surface area contributed by atoms with Gasteiger partial charge in [-0.05, 0) is 37.0 Å². The standard InChI is InChI=1S/C19H21NOS/c1-14-6-8-15(9-7-14)10-11-19(21)20-17-12-13-22-18-5-3-2-4-16(17)18/h2-9,17H,10-13H2,1H3,(H,20,21). The van der Waals surface area contributed by atoms with Crippen molar-refractivity contribution in [1.82, 2.24) is 5.32 Å². The molecule has 1 aliphatic heterocycles. The SMILES string of the molecule is Cc1ccc(CCC(=O)NC2CCSc3ccccc32)cc1. The molecule has 2 aromatic carbocycles. The highest BCUT2D eigenvalue weighted by atomic mass is 32.2. The van der Waals surface area contributed by atoms with Gasteiger partial charge < -0.3 is 5.32 Å². The molecule has 0 aliphatic carbocycles. The molecule has 1 amide bonds. The van der Waals surface area contributed by atoms with Gasteiger partial charge in [-0.25, -0.2) is 0 Å². The van der Waals surface area contributed by atoms with Crippen molar-refractivity contribution in [1.29, 1.82) is 0 Å². The molecule has 0 spiro atoms. The molecule has 1 heterocycles. The Morgan fingerprint density at radius 2 is 1.95 bits per heavy atom. The molecule has 0 radical (unpaired) electrons. The predicted octanol–water partition coefficient (Wildman–Crippen LogP) is 4.28. The highest BCUT2D eigenvalue weighted by molar-refractivity contribution is 7.99. The maximum atomic E-state index is 12.2. The van der Waals surface area contributed by atoms with E-state index in [1.165, 1.54) is 21.6 Å². The van der Waals surface area contributed by atoms with Gasteiger partial charge in [0, 0.05) is 17.1 Å². The molecule has 3 heteroatoms. The van der Waals surface area contributed by atoms with Crippen molar-refractivity contribution in [2.75, 3.05) is 5.75 Å². The van der Waals surface area contributed by atoms with E-state index < -0.39 is 0 Å². The van der Waals surface area contributed by atoms with Gasteiger partial charge in [0.25, 0.3) is 0 Å². The number of rotatable bonds is 4. The van der Waals surface area contributed by atoms with Crippen LogP contribution in [0.4, 0.5) is 0 Å². The molecule has 0 saturated carbocycles. The lowest BCUT2D eigenvalue weighted by Crippen LogP contribution is -2.30. The van der Waals surface area contributed by atoms with E-state index in [-0.39, 0.29) is 11.9 Å². The normalized spacial score (nSPS) is 16.9. The lowest BCUT2D eigenvalue weighted by molar-refractivity contribution is -0.121. The lowest BCUT2D eigenvalue weighted by Gasteiger charge is -2.25. The molecular formula is C19H21NOS. The van der Waals surface area contributed by atoms with Crippen molar-refractivity contribution in [2.24, 2.45) is 0 Å². The minimum absolute atomic E-state index is 0.146. The molecule has 0 fully saturated rings. The van der Waals surface area contributed by atoms with Crippen LogP contribution in [-0.4, -0.2) is 11.7 Å². The number of thioether (sulfide) groups is 1. The Bertz CT molecular complexity index is 651. The molecule has 1 N–H and O–H groups in total. The van der Waals surface area contributed by atoms with Crippen LogP contribution in [0.1, 0.15) is 35.6 Å². The Morgan fingerprint density at radius 3 is 2.77 bits per heavy atom. The molecule has 0 bridgehead atoms. The van der Waals surface area contributed by atoms with Crippen molar-refractivity contribution in [3.8, 4) is 0 Å². The number of carbonyl (C=O) groups excluding carboxylic acids is 1. The van der Waals surface area contributed by atoms with E-state index in [4.69, 9.17) is 0 Å². The third kappa shape index (κ3) is 3.72. The van der Waals surface area contributed by atoms with E-state index in [9.17, 15) is 4.79 Å². The summed E-state index contributed by atoms with van der Waals surface area (Å²) in [6, 6.07) is 17.0. The monoisotopic (exact) mass is 311 g/mol. The molecule has 3 rings (SSSR count). The van der Waals surface area contributed by atoms with E-state index in [2.05, 4.69) is 60.8 Å². The van der Waals surface area contributed by atoms with Crippen molar-refractivity contribution in [3.05, 3.63) is 65.2 Å². The molecular weight excluding hydrogens is 290 g/mol. The van der Waals surface area contributed by atoms with Crippen molar-refractivity contribution in [3.63, 3.8) is 0 Å². The van der Waals surface area contributed by atoms with Crippen molar-refractivity contribution < 1.29 is 4.79 Å². The predicted molar refractivity (Wildman–Crippen MR) is 92.2 cm³/mol. The summed E-state index contributed by atoms with van der Waals surface area (Å²) < 4.78 is 0. The minimum atomic E-state index is 0.146. The van der Waals surface area contributed by atoms with E-state index in [0.29, 0.717) is 6.42 Å². The second-order valence-electron chi connectivity index (χ2n) is 5.78. The number of hydrogen-bond donors (Lipinski definition) is 1. The molecule has 22 heavy (non-hydrogen) atoms. The zero-order valence-electron chi connectivity index (χ0n) is 12.8. The zero-order valence-corrected chi connectivity index (χ0v) is 13.7. The number of hydrogen-bond acceptors (Lipinski definition) is 2. The summed E-state index contributed by atoms with van der Waals surface area (Å²) >= 11 is 1.88. The molecule has 1 atom stereocenters. The van der Waals surface area contributed by atoms with Crippen LogP contribution in [0.2, 0.25) is 0 Å². The molecule has 2 aromatic rings. The van der Waals surface area contributed by atoms with Crippen LogP contribution in [0.5, 0.6) is 0 Å². The highest BCUT2D eigenvalue weighted by Gasteiger charge is 2.21. The van der Waals surface area contributed by atoms with E-state index in [0.717, 1.165) is 18.6 Å². The maximum Gasteiger partial charge on any atom is 0.220 e. The number of benzene rings is 2. The van der Waals surface area contributed by atoms with Gasteiger partial charge in [-0.15, -0.1) is 11.8 Å². The Kier molecular flexibility index (Phi) is 4.84. The quantitative estimate of drug-likeness (QED) is 0.913. The summed E-state index contributed by atoms with van der Waals surface area (Å²) in [5.41, 5.74) is 3.74. The molecule has 2 nitrogen and oxygen atoms in total. The van der Waals surface area contributed by atoms with E-state index >= 15 is 0 Å². The van der Waals surface area contributed by atoms with Crippen molar-refractivity contribution in [2.45, 2.75) is 37.1 Å². The highest BCUT2D eigenvalue weighted by Crippen LogP contribution is 2.35. The first-order valence-electron chi connectivity index (χ1n) is 7.79. The summed E-state index contributed by atoms with van der Waals surface area (Å²) in [5, 5.41) is 3.20. The van der Waals surface area contributed by atoms with Crippen LogP contribution in [0.15, 0.2) is 53.4 Å². The number of carbonyl (C=O) groups is 1. The van der Waals surface area contributed by atoms with Gasteiger partial charge in [0.05, 0.1) is 6.04 Å². The van der Waals surface area contributed by atoms with Gasteiger partial charge in [0.2, 0.25) is 5.91 Å². The van der Waals surface area contributed by atoms with Gasteiger partial charge in [-0.1, -0.05) is 48.0 Å². The Balaban J connectivity index is 1.57. The number of nitrogens with one attached hydrogen (secondary N) is 1. The zero-order chi connectivity index (χ0) is 15.4. The smallest absolute Gasteiger partial charge is 0.220 e. The summed E-state index contributed by atoms with van der Waals surface area (Å²) in [5.74, 6) is 1.21. The molecule has 114 valence electrons. The van der Waals surface area contributed by atoms with E-state index in [1.54, 1.807) is 0 Å². The fourth-order valence-corrected chi connectivity index (χ4v) is 3.90. The van der Waals surface area contributed by atoms with Gasteiger partial charge in [-0.2, -0.15) is 0 Å². The number of fused-ring (bicyclic) bond motifs is 1. The average molecular weight is 311 g/mol. The number of aryl methyl sites for hydroxylation is 2. The maximum absolute atomic E-state index is 12.2. The summed E-state index contributed by atoms with van der Waals surface area (Å²) in [6.07, 6.45) is 2.36. The molecule has 1 unspecified atom stereocenters. The van der Waals surface area contributed by atoms with Crippen LogP contribution in [0.25, 0.3) is 0 Å². The van der Waals surface area contributed by atoms with Gasteiger partial charge >= 0.3 is 0 Å². The Labute approximate surface area is 136 Å². The van der Waals surface area contributed by atoms with Crippen LogP contribution < -0.4 is 5.32 Å². The minimum Gasteiger partial charge on any atom is -0.349 e. The van der Waals surface area contributed by atoms with Gasteiger partial charge in [-0.3, -0.25) is 4.79 Å². The van der Waals surface area contributed by atoms with Gasteiger partial charge in [0.15, 0.2) is 0 Å². The van der Waals surface area contributed by atoms with Crippen LogP contribution in [-0.2, 0) is 11.2 Å². The summed E-state index contributed by atoms with van der Waals surface area (Å²) in [7, 11) is 0. The summed E-state index contributed by atoms with van der Waals surface area (Å²) in [4.78, 5) is 13.5. The summed E-state index contributed by atoms with van der Waals surface area (Å²) in [6.45, 7) is 2.08. The molecule has 0 saturated heterocycles. The van der Waals surface area contributed by atoms with Crippen LogP contribution in [0, 0.1) is 6.92 Å². The largest absolute Gasteiger partial charge is 0.349 e. The van der Waals surface area contributed by atoms with Crippen molar-refractivity contribution >= 4 is 17.7 Å². The third-order valence-corrected chi connectivity index (χ3v) is 5.18. The van der Waals surface area contributed by atoms with Crippen LogP contribution >= 0.6 is 11.8 Å². The molecule has 0 aromatic heterocycles. The Hall–Kier alpha value is -1.74. The topological polar surface area (TPSA) is 29.1 Å². The molecule has 1 aliphatic rings. The lowest BCUT2D eigenvalue weighted by atomic mass is 10.0. The van der Waals surface area contributed by atoms with Crippen LogP contribution in [0.3, 0.4) is 0 Å². The average Bonchev–Trinajstić information content (AvgIpc) is 2.55. The van der Waals surface area contributed by atoms with Gasteiger partial charge in [0.1, 0.15) is 0 Å². The fourth-order valence-electron chi connectivity index (χ4n) is 2.77. The number of amides is 1. The first kappa shape index (κ1) is 15.2. The Morgan fingerprint density at radius 1 is 1.18 bits per heavy atom.